The normalized spacial score (nSPS) is 17.2. The molecule has 1 fully saturated rings. The zero-order chi connectivity index (χ0) is 14.4. The summed E-state index contributed by atoms with van der Waals surface area (Å²) in [4.78, 5) is 14.1. The van der Waals surface area contributed by atoms with Gasteiger partial charge in [-0.1, -0.05) is 0 Å². The summed E-state index contributed by atoms with van der Waals surface area (Å²) in [6.07, 6.45) is 2.26. The predicted molar refractivity (Wildman–Crippen MR) is 78.5 cm³/mol. The lowest BCUT2D eigenvalue weighted by Gasteiger charge is -2.31. The molecule has 3 nitrogen and oxygen atoms in total. The summed E-state index contributed by atoms with van der Waals surface area (Å²) >= 11 is 1.73. The van der Waals surface area contributed by atoms with Crippen molar-refractivity contribution < 1.29 is 14.3 Å². The van der Waals surface area contributed by atoms with Gasteiger partial charge in [-0.15, -0.1) is 11.8 Å². The van der Waals surface area contributed by atoms with Crippen LogP contribution in [0.5, 0.6) is 0 Å². The molecule has 0 radical (unpaired) electrons. The maximum Gasteiger partial charge on any atom is 0.303 e. The highest BCUT2D eigenvalue weighted by Gasteiger charge is 2.20. The first kappa shape index (κ1) is 15.3. The van der Waals surface area contributed by atoms with Gasteiger partial charge in [0, 0.05) is 23.6 Å². The molecule has 20 heavy (non-hydrogen) atoms. The molecule has 0 amide bonds. The number of aliphatic carboxylic acids is 1. The van der Waals surface area contributed by atoms with Crippen LogP contribution in [0.25, 0.3) is 0 Å². The Bertz CT molecular complexity index is 430. The molecule has 0 unspecified atom stereocenters. The number of thioether (sulfide) groups is 1. The smallest absolute Gasteiger partial charge is 0.303 e. The second-order valence-electron chi connectivity index (χ2n) is 5.19. The molecular weight excluding hydrogens is 277 g/mol. The number of nitrogens with zero attached hydrogens (tertiary/aromatic N) is 1. The quantitative estimate of drug-likeness (QED) is 0.819. The first-order chi connectivity index (χ1) is 9.63. The van der Waals surface area contributed by atoms with Crippen molar-refractivity contribution in [3.8, 4) is 0 Å². The van der Waals surface area contributed by atoms with Crippen LogP contribution in [0.1, 0.15) is 19.3 Å². The van der Waals surface area contributed by atoms with E-state index in [1.165, 1.54) is 12.1 Å². The summed E-state index contributed by atoms with van der Waals surface area (Å²) in [5.74, 6) is 0.438. The predicted octanol–water partition coefficient (Wildman–Crippen LogP) is 3.10. The Balaban J connectivity index is 1.63. The summed E-state index contributed by atoms with van der Waals surface area (Å²) in [6.45, 7) is 2.98. The van der Waals surface area contributed by atoms with Crippen LogP contribution in [0.2, 0.25) is 0 Å². The van der Waals surface area contributed by atoms with E-state index in [1.54, 1.807) is 23.9 Å². The maximum absolute atomic E-state index is 12.8. The molecule has 0 atom stereocenters. The molecule has 0 spiro atoms. The second-order valence-corrected chi connectivity index (χ2v) is 6.35. The number of rotatable bonds is 6. The Hall–Kier alpha value is -1.07. The summed E-state index contributed by atoms with van der Waals surface area (Å²) < 4.78 is 12.8. The Morgan fingerprint density at radius 3 is 2.55 bits per heavy atom. The van der Waals surface area contributed by atoms with Crippen molar-refractivity contribution in [2.45, 2.75) is 24.2 Å². The fraction of sp³-hybridized carbons (Fsp3) is 0.533. The largest absolute Gasteiger partial charge is 0.481 e. The molecule has 110 valence electrons. The Labute approximate surface area is 123 Å². The van der Waals surface area contributed by atoms with Crippen LogP contribution in [0.15, 0.2) is 29.2 Å². The van der Waals surface area contributed by atoms with E-state index in [1.807, 2.05) is 0 Å². The van der Waals surface area contributed by atoms with Gasteiger partial charge in [0.2, 0.25) is 0 Å². The van der Waals surface area contributed by atoms with Gasteiger partial charge in [0.15, 0.2) is 0 Å². The molecule has 1 aliphatic rings. The minimum atomic E-state index is -0.685. The number of carboxylic acids is 1. The Kier molecular flexibility index (Phi) is 5.86. The van der Waals surface area contributed by atoms with Crippen LogP contribution in [-0.2, 0) is 4.79 Å². The molecule has 0 aromatic heterocycles. The Morgan fingerprint density at radius 1 is 1.30 bits per heavy atom. The summed E-state index contributed by atoms with van der Waals surface area (Å²) in [5, 5.41) is 8.77. The van der Waals surface area contributed by atoms with Crippen LogP contribution >= 0.6 is 11.8 Å². The zero-order valence-electron chi connectivity index (χ0n) is 11.4. The monoisotopic (exact) mass is 297 g/mol. The lowest BCUT2D eigenvalue weighted by atomic mass is 9.94. The number of likely N-dealkylation sites (tertiary alicyclic amines) is 1. The molecule has 1 aromatic carbocycles. The molecular formula is C15H20FNO2S. The third kappa shape index (κ3) is 5.13. The fourth-order valence-electron chi connectivity index (χ4n) is 2.48. The van der Waals surface area contributed by atoms with E-state index in [4.69, 9.17) is 5.11 Å². The van der Waals surface area contributed by atoms with Gasteiger partial charge in [0.25, 0.3) is 0 Å². The van der Waals surface area contributed by atoms with E-state index in [0.717, 1.165) is 43.1 Å². The van der Waals surface area contributed by atoms with E-state index >= 15 is 0 Å². The van der Waals surface area contributed by atoms with Crippen molar-refractivity contribution >= 4 is 17.7 Å². The van der Waals surface area contributed by atoms with Gasteiger partial charge in [0.1, 0.15) is 5.82 Å². The van der Waals surface area contributed by atoms with Crippen LogP contribution in [-0.4, -0.2) is 41.4 Å². The van der Waals surface area contributed by atoms with E-state index < -0.39 is 5.97 Å². The highest BCUT2D eigenvalue weighted by molar-refractivity contribution is 7.99. The highest BCUT2D eigenvalue weighted by atomic mass is 32.2. The number of hydrogen-bond donors (Lipinski definition) is 1. The fourth-order valence-corrected chi connectivity index (χ4v) is 3.40. The van der Waals surface area contributed by atoms with Crippen LogP contribution < -0.4 is 0 Å². The molecule has 1 N–H and O–H groups in total. The average molecular weight is 297 g/mol. The third-order valence-electron chi connectivity index (χ3n) is 3.66. The number of piperidine rings is 1. The highest BCUT2D eigenvalue weighted by Crippen LogP contribution is 2.22. The summed E-state index contributed by atoms with van der Waals surface area (Å²) in [6, 6.07) is 6.58. The van der Waals surface area contributed by atoms with Gasteiger partial charge < -0.3 is 10.0 Å². The van der Waals surface area contributed by atoms with E-state index in [0.29, 0.717) is 12.3 Å². The summed E-state index contributed by atoms with van der Waals surface area (Å²) in [7, 11) is 0. The molecule has 5 heteroatoms. The zero-order valence-corrected chi connectivity index (χ0v) is 12.2. The third-order valence-corrected chi connectivity index (χ3v) is 4.65. The van der Waals surface area contributed by atoms with Gasteiger partial charge in [-0.25, -0.2) is 4.39 Å². The molecule has 1 saturated heterocycles. The minimum Gasteiger partial charge on any atom is -0.481 e. The Morgan fingerprint density at radius 2 is 1.95 bits per heavy atom. The molecule has 1 heterocycles. The van der Waals surface area contributed by atoms with Gasteiger partial charge in [0.05, 0.1) is 0 Å². The number of halogens is 1. The first-order valence-electron chi connectivity index (χ1n) is 6.96. The minimum absolute atomic E-state index is 0.199. The number of carbonyl (C=O) groups is 1. The molecule has 0 saturated carbocycles. The van der Waals surface area contributed by atoms with Crippen molar-refractivity contribution in [1.29, 1.82) is 0 Å². The van der Waals surface area contributed by atoms with Gasteiger partial charge in [-0.3, -0.25) is 4.79 Å². The number of hydrogen-bond acceptors (Lipinski definition) is 3. The number of benzene rings is 1. The standard InChI is InChI=1S/C15H20FNO2S/c16-13-1-3-14(4-2-13)20-10-9-17-7-5-12(6-8-17)11-15(18)19/h1-4,12H,5-11H2,(H,18,19). The maximum atomic E-state index is 12.8. The van der Waals surface area contributed by atoms with Crippen LogP contribution in [0.3, 0.4) is 0 Å². The molecule has 1 aromatic rings. The van der Waals surface area contributed by atoms with Crippen molar-refractivity contribution in [2.75, 3.05) is 25.4 Å². The molecule has 0 bridgehead atoms. The topological polar surface area (TPSA) is 40.5 Å². The van der Waals surface area contributed by atoms with Crippen LogP contribution in [0, 0.1) is 11.7 Å². The van der Waals surface area contributed by atoms with E-state index in [9.17, 15) is 9.18 Å². The van der Waals surface area contributed by atoms with Crippen molar-refractivity contribution in [3.63, 3.8) is 0 Å². The lowest BCUT2D eigenvalue weighted by Crippen LogP contribution is -2.35. The van der Waals surface area contributed by atoms with Crippen molar-refractivity contribution in [3.05, 3.63) is 30.1 Å². The lowest BCUT2D eigenvalue weighted by molar-refractivity contribution is -0.138. The van der Waals surface area contributed by atoms with Crippen molar-refractivity contribution in [2.24, 2.45) is 5.92 Å². The SMILES string of the molecule is O=C(O)CC1CCN(CCSc2ccc(F)cc2)CC1. The van der Waals surface area contributed by atoms with E-state index in [-0.39, 0.29) is 5.82 Å². The van der Waals surface area contributed by atoms with Gasteiger partial charge >= 0.3 is 5.97 Å². The second kappa shape index (κ2) is 7.64. The van der Waals surface area contributed by atoms with Crippen LogP contribution in [0.4, 0.5) is 4.39 Å². The van der Waals surface area contributed by atoms with Gasteiger partial charge in [-0.2, -0.15) is 0 Å². The van der Waals surface area contributed by atoms with Crippen molar-refractivity contribution in [1.82, 2.24) is 4.90 Å². The van der Waals surface area contributed by atoms with E-state index in [2.05, 4.69) is 4.90 Å². The van der Waals surface area contributed by atoms with Gasteiger partial charge in [-0.05, 0) is 56.1 Å². The average Bonchev–Trinajstić information content (AvgIpc) is 2.42. The molecule has 0 aliphatic carbocycles. The summed E-state index contributed by atoms with van der Waals surface area (Å²) in [5.41, 5.74) is 0. The molecule has 2 rings (SSSR count). The number of carboxylic acid groups (broad SMARTS) is 1. The first-order valence-corrected chi connectivity index (χ1v) is 7.94. The molecule has 1 aliphatic heterocycles.